The van der Waals surface area contributed by atoms with Gasteiger partial charge in [0, 0.05) is 23.9 Å². The maximum absolute atomic E-state index is 13.3. The van der Waals surface area contributed by atoms with Crippen molar-refractivity contribution in [2.45, 2.75) is 19.8 Å². The molecule has 1 aromatic heterocycles. The van der Waals surface area contributed by atoms with Crippen molar-refractivity contribution in [2.24, 2.45) is 0 Å². The van der Waals surface area contributed by atoms with Crippen LogP contribution in [-0.4, -0.2) is 10.0 Å². The Morgan fingerprint density at radius 1 is 0.963 bits per heavy atom. The summed E-state index contributed by atoms with van der Waals surface area (Å²) in [5.41, 5.74) is 3.53. The summed E-state index contributed by atoms with van der Waals surface area (Å²) in [5, 5.41) is -0.0646. The maximum Gasteiger partial charge on any atom is 0.216 e. The van der Waals surface area contributed by atoms with Gasteiger partial charge in [-0.05, 0) is 35.8 Å². The van der Waals surface area contributed by atoms with Crippen LogP contribution in [0.15, 0.2) is 54.7 Å². The highest BCUT2D eigenvalue weighted by atomic mass is 32.1. The SMILES string of the molecule is CCCc1ccc(-c2ccc(C(=S)Oc3cc(F)c(F)c(F)c3)nc2)cc1. The minimum Gasteiger partial charge on any atom is -0.443 e. The summed E-state index contributed by atoms with van der Waals surface area (Å²) >= 11 is 5.10. The van der Waals surface area contributed by atoms with Gasteiger partial charge < -0.3 is 4.74 Å². The number of pyridine rings is 1. The Hall–Kier alpha value is -2.73. The number of ether oxygens (including phenoxy) is 1. The number of aromatic nitrogens is 1. The minimum absolute atomic E-state index is 0.0646. The lowest BCUT2D eigenvalue weighted by molar-refractivity contribution is 0.436. The molecule has 0 aliphatic rings. The maximum atomic E-state index is 13.3. The lowest BCUT2D eigenvalue weighted by atomic mass is 10.0. The van der Waals surface area contributed by atoms with Gasteiger partial charge in [-0.15, -0.1) is 0 Å². The number of hydrogen-bond acceptors (Lipinski definition) is 3. The molecule has 138 valence electrons. The van der Waals surface area contributed by atoms with Crippen LogP contribution >= 0.6 is 12.2 Å². The van der Waals surface area contributed by atoms with Crippen LogP contribution in [-0.2, 0) is 6.42 Å². The number of hydrogen-bond donors (Lipinski definition) is 0. The Bertz CT molecular complexity index is 933. The first-order valence-corrected chi connectivity index (χ1v) is 8.81. The van der Waals surface area contributed by atoms with Crippen molar-refractivity contribution in [1.29, 1.82) is 0 Å². The first-order chi connectivity index (χ1) is 13.0. The van der Waals surface area contributed by atoms with E-state index in [1.807, 2.05) is 18.2 Å². The molecule has 0 radical (unpaired) electrons. The Labute approximate surface area is 160 Å². The monoisotopic (exact) mass is 387 g/mol. The van der Waals surface area contributed by atoms with E-state index in [0.29, 0.717) is 5.69 Å². The lowest BCUT2D eigenvalue weighted by Gasteiger charge is -2.08. The molecule has 3 rings (SSSR count). The molecule has 0 saturated heterocycles. The van der Waals surface area contributed by atoms with Crippen molar-refractivity contribution in [2.75, 3.05) is 0 Å². The number of thiocarbonyl (C=S) groups is 1. The van der Waals surface area contributed by atoms with E-state index in [0.717, 1.165) is 36.1 Å². The Balaban J connectivity index is 1.73. The van der Waals surface area contributed by atoms with Crippen LogP contribution in [0.1, 0.15) is 24.6 Å². The molecule has 1 heterocycles. The van der Waals surface area contributed by atoms with Crippen molar-refractivity contribution in [1.82, 2.24) is 4.98 Å². The molecule has 3 aromatic rings. The van der Waals surface area contributed by atoms with E-state index < -0.39 is 17.5 Å². The summed E-state index contributed by atoms with van der Waals surface area (Å²) in [6, 6.07) is 13.2. The summed E-state index contributed by atoms with van der Waals surface area (Å²) < 4.78 is 44.7. The molecule has 0 N–H and O–H groups in total. The molecule has 0 fully saturated rings. The molecule has 0 amide bonds. The van der Waals surface area contributed by atoms with Gasteiger partial charge in [0.25, 0.3) is 0 Å². The van der Waals surface area contributed by atoms with E-state index in [9.17, 15) is 13.2 Å². The number of rotatable bonds is 5. The molecular weight excluding hydrogens is 371 g/mol. The average Bonchev–Trinajstić information content (AvgIpc) is 2.67. The van der Waals surface area contributed by atoms with Crippen LogP contribution in [0.2, 0.25) is 0 Å². The molecule has 0 aliphatic heterocycles. The second-order valence-electron chi connectivity index (χ2n) is 5.97. The van der Waals surface area contributed by atoms with Crippen LogP contribution in [0.25, 0.3) is 11.1 Å². The predicted molar refractivity (Wildman–Crippen MR) is 102 cm³/mol. The van der Waals surface area contributed by atoms with Crippen LogP contribution in [0.5, 0.6) is 5.75 Å². The quantitative estimate of drug-likeness (QED) is 0.404. The van der Waals surface area contributed by atoms with E-state index in [1.165, 1.54) is 5.56 Å². The van der Waals surface area contributed by atoms with Gasteiger partial charge in [0.1, 0.15) is 11.4 Å². The first kappa shape index (κ1) is 19.0. The van der Waals surface area contributed by atoms with E-state index in [2.05, 4.69) is 24.0 Å². The van der Waals surface area contributed by atoms with E-state index in [-0.39, 0.29) is 10.8 Å². The predicted octanol–water partition coefficient (Wildman–Crippen LogP) is 5.87. The van der Waals surface area contributed by atoms with Crippen LogP contribution in [0.3, 0.4) is 0 Å². The van der Waals surface area contributed by atoms with Gasteiger partial charge in [-0.3, -0.25) is 4.98 Å². The third-order valence-corrected chi connectivity index (χ3v) is 4.26. The van der Waals surface area contributed by atoms with Gasteiger partial charge in [0.15, 0.2) is 17.5 Å². The largest absolute Gasteiger partial charge is 0.443 e. The third kappa shape index (κ3) is 4.52. The van der Waals surface area contributed by atoms with Gasteiger partial charge >= 0.3 is 0 Å². The molecule has 0 bridgehead atoms. The van der Waals surface area contributed by atoms with Gasteiger partial charge in [-0.1, -0.05) is 43.7 Å². The van der Waals surface area contributed by atoms with Gasteiger partial charge in [0.2, 0.25) is 5.05 Å². The zero-order valence-electron chi connectivity index (χ0n) is 14.5. The van der Waals surface area contributed by atoms with Gasteiger partial charge in [-0.25, -0.2) is 13.2 Å². The summed E-state index contributed by atoms with van der Waals surface area (Å²) in [4.78, 5) is 4.24. The van der Waals surface area contributed by atoms with E-state index in [1.54, 1.807) is 12.3 Å². The topological polar surface area (TPSA) is 22.1 Å². The van der Waals surface area contributed by atoms with E-state index >= 15 is 0 Å². The molecule has 0 atom stereocenters. The summed E-state index contributed by atoms with van der Waals surface area (Å²) in [6.07, 6.45) is 3.77. The number of nitrogens with zero attached hydrogens (tertiary/aromatic N) is 1. The summed E-state index contributed by atoms with van der Waals surface area (Å²) in [6.45, 7) is 2.14. The standard InChI is InChI=1S/C21H16F3NOS/c1-2-3-13-4-6-14(7-5-13)15-8-9-19(25-12-15)21(27)26-16-10-17(22)20(24)18(23)11-16/h4-12H,2-3H2,1H3. The molecule has 0 unspecified atom stereocenters. The molecule has 0 saturated carbocycles. The third-order valence-electron chi connectivity index (χ3n) is 3.97. The fourth-order valence-corrected chi connectivity index (χ4v) is 2.81. The average molecular weight is 387 g/mol. The van der Waals surface area contributed by atoms with Crippen molar-refractivity contribution >= 4 is 17.3 Å². The highest BCUT2D eigenvalue weighted by Gasteiger charge is 2.14. The van der Waals surface area contributed by atoms with Crippen LogP contribution in [0.4, 0.5) is 13.2 Å². The van der Waals surface area contributed by atoms with Crippen molar-refractivity contribution in [3.63, 3.8) is 0 Å². The lowest BCUT2D eigenvalue weighted by Crippen LogP contribution is -2.09. The first-order valence-electron chi connectivity index (χ1n) is 8.40. The van der Waals surface area contributed by atoms with Gasteiger partial charge in [0.05, 0.1) is 0 Å². The second-order valence-corrected chi connectivity index (χ2v) is 6.34. The molecular formula is C21H16F3NOS. The summed E-state index contributed by atoms with van der Waals surface area (Å²) in [7, 11) is 0. The van der Waals surface area contributed by atoms with Gasteiger partial charge in [-0.2, -0.15) is 0 Å². The van der Waals surface area contributed by atoms with Crippen LogP contribution < -0.4 is 4.74 Å². The Kier molecular flexibility index (Phi) is 5.86. The minimum atomic E-state index is -1.55. The normalized spacial score (nSPS) is 10.7. The van der Waals surface area contributed by atoms with Crippen molar-refractivity contribution in [3.05, 3.63) is 83.4 Å². The second kappa shape index (κ2) is 8.31. The molecule has 2 nitrogen and oxygen atoms in total. The molecule has 2 aromatic carbocycles. The summed E-state index contributed by atoms with van der Waals surface area (Å²) in [5.74, 6) is -4.47. The Morgan fingerprint density at radius 3 is 2.15 bits per heavy atom. The Morgan fingerprint density at radius 2 is 1.59 bits per heavy atom. The number of halogens is 3. The molecule has 0 spiro atoms. The number of aryl methyl sites for hydroxylation is 1. The molecule has 6 heteroatoms. The smallest absolute Gasteiger partial charge is 0.216 e. The zero-order chi connectivity index (χ0) is 19.4. The molecule has 27 heavy (non-hydrogen) atoms. The number of benzene rings is 2. The zero-order valence-corrected chi connectivity index (χ0v) is 15.3. The fraction of sp³-hybridized carbons (Fsp3) is 0.143. The van der Waals surface area contributed by atoms with Crippen molar-refractivity contribution < 1.29 is 17.9 Å². The van der Waals surface area contributed by atoms with E-state index in [4.69, 9.17) is 17.0 Å². The molecule has 0 aliphatic carbocycles. The van der Waals surface area contributed by atoms with Crippen molar-refractivity contribution in [3.8, 4) is 16.9 Å². The fourth-order valence-electron chi connectivity index (χ4n) is 2.59. The van der Waals surface area contributed by atoms with Crippen LogP contribution in [0, 0.1) is 17.5 Å². The highest BCUT2D eigenvalue weighted by molar-refractivity contribution is 7.80. The highest BCUT2D eigenvalue weighted by Crippen LogP contribution is 2.22.